The predicted molar refractivity (Wildman–Crippen MR) is 75.6 cm³/mol. The van der Waals surface area contributed by atoms with Crippen molar-refractivity contribution in [2.45, 2.75) is 12.3 Å². The van der Waals surface area contributed by atoms with E-state index in [0.29, 0.717) is 5.82 Å². The molecule has 3 aromatic rings. The number of hydrogen-bond acceptors (Lipinski definition) is 5. The molecular weight excluding hydrogens is 274 g/mol. The van der Waals surface area contributed by atoms with E-state index in [0.717, 1.165) is 22.4 Å². The van der Waals surface area contributed by atoms with E-state index in [9.17, 15) is 4.79 Å². The van der Waals surface area contributed by atoms with Gasteiger partial charge in [-0.05, 0) is 30.0 Å². The van der Waals surface area contributed by atoms with Gasteiger partial charge >= 0.3 is 0 Å². The first-order valence-electron chi connectivity index (χ1n) is 6.35. The largest absolute Gasteiger partial charge is 0.469 e. The Morgan fingerprint density at radius 1 is 1.40 bits per heavy atom. The molecule has 0 radical (unpaired) electrons. The van der Waals surface area contributed by atoms with Crippen molar-refractivity contribution in [1.29, 1.82) is 0 Å². The van der Waals surface area contributed by atoms with E-state index in [4.69, 9.17) is 4.42 Å². The lowest BCUT2D eigenvalue weighted by Gasteiger charge is -2.04. The Balaban J connectivity index is 1.53. The Labute approximate surface area is 118 Å². The molecule has 2 atom stereocenters. The standard InChI is InChI=1S/C14H11N3O2S/c18-14(9-6-8(9)11-2-1-4-19-11)17-13-12-10(3-5-20-12)15-7-16-13/h1-5,7-9H,6H2,(H,15,16,17,18)/t8-,9-/m1/s1. The zero-order valence-electron chi connectivity index (χ0n) is 10.4. The normalized spacial score (nSPS) is 21.0. The van der Waals surface area contributed by atoms with Crippen LogP contribution in [0.5, 0.6) is 0 Å². The van der Waals surface area contributed by atoms with Crippen LogP contribution >= 0.6 is 11.3 Å². The number of amides is 1. The second-order valence-corrected chi connectivity index (χ2v) is 5.73. The highest BCUT2D eigenvalue weighted by Crippen LogP contribution is 2.48. The topological polar surface area (TPSA) is 68.0 Å². The van der Waals surface area contributed by atoms with E-state index in [-0.39, 0.29) is 17.7 Å². The third kappa shape index (κ3) is 1.89. The molecule has 0 unspecified atom stereocenters. The van der Waals surface area contributed by atoms with Gasteiger partial charge in [-0.15, -0.1) is 11.3 Å². The zero-order valence-corrected chi connectivity index (χ0v) is 11.3. The van der Waals surface area contributed by atoms with Crippen LogP contribution in [0.1, 0.15) is 18.1 Å². The van der Waals surface area contributed by atoms with E-state index in [1.165, 1.54) is 17.7 Å². The summed E-state index contributed by atoms with van der Waals surface area (Å²) in [6.07, 6.45) is 3.95. The Hall–Kier alpha value is -2.21. The van der Waals surface area contributed by atoms with Crippen molar-refractivity contribution in [2.75, 3.05) is 5.32 Å². The van der Waals surface area contributed by atoms with Gasteiger partial charge in [0.2, 0.25) is 5.91 Å². The molecule has 0 saturated heterocycles. The first-order chi connectivity index (χ1) is 9.83. The third-order valence-electron chi connectivity index (χ3n) is 3.52. The number of carbonyl (C=O) groups is 1. The van der Waals surface area contributed by atoms with E-state index < -0.39 is 0 Å². The molecule has 1 N–H and O–H groups in total. The maximum atomic E-state index is 12.2. The van der Waals surface area contributed by atoms with Crippen molar-refractivity contribution < 1.29 is 9.21 Å². The lowest BCUT2D eigenvalue weighted by atomic mass is 10.2. The Bertz CT molecular complexity index is 766. The van der Waals surface area contributed by atoms with Crippen LogP contribution in [-0.2, 0) is 4.79 Å². The zero-order chi connectivity index (χ0) is 13.5. The number of fused-ring (bicyclic) bond motifs is 1. The predicted octanol–water partition coefficient (Wildman–Crippen LogP) is 3.03. The molecule has 0 aliphatic heterocycles. The Kier molecular flexibility index (Phi) is 2.56. The molecule has 100 valence electrons. The number of hydrogen-bond donors (Lipinski definition) is 1. The number of furan rings is 1. The summed E-state index contributed by atoms with van der Waals surface area (Å²) < 4.78 is 6.26. The van der Waals surface area contributed by atoms with Crippen molar-refractivity contribution in [3.05, 3.63) is 41.9 Å². The molecule has 3 heterocycles. The number of anilines is 1. The monoisotopic (exact) mass is 285 g/mol. The van der Waals surface area contributed by atoms with Gasteiger partial charge in [-0.25, -0.2) is 9.97 Å². The Morgan fingerprint density at radius 2 is 2.35 bits per heavy atom. The van der Waals surface area contributed by atoms with E-state index >= 15 is 0 Å². The third-order valence-corrected chi connectivity index (χ3v) is 4.43. The van der Waals surface area contributed by atoms with Gasteiger partial charge in [0.25, 0.3) is 0 Å². The quantitative estimate of drug-likeness (QED) is 0.803. The first kappa shape index (κ1) is 11.6. The number of nitrogens with one attached hydrogen (secondary N) is 1. The molecule has 20 heavy (non-hydrogen) atoms. The molecule has 5 nitrogen and oxygen atoms in total. The molecule has 1 aliphatic carbocycles. The van der Waals surface area contributed by atoms with Crippen LogP contribution in [-0.4, -0.2) is 15.9 Å². The summed E-state index contributed by atoms with van der Waals surface area (Å²) in [4.78, 5) is 20.6. The molecule has 0 spiro atoms. The van der Waals surface area contributed by atoms with Crippen molar-refractivity contribution in [2.24, 2.45) is 5.92 Å². The molecule has 4 rings (SSSR count). The molecule has 0 aromatic carbocycles. The summed E-state index contributed by atoms with van der Waals surface area (Å²) in [5, 5.41) is 4.85. The van der Waals surface area contributed by atoms with Crippen molar-refractivity contribution in [3.8, 4) is 0 Å². The first-order valence-corrected chi connectivity index (χ1v) is 7.23. The highest BCUT2D eigenvalue weighted by atomic mass is 32.1. The van der Waals surface area contributed by atoms with E-state index in [2.05, 4.69) is 15.3 Å². The van der Waals surface area contributed by atoms with Crippen LogP contribution in [0.2, 0.25) is 0 Å². The molecule has 0 bridgehead atoms. The molecule has 3 aromatic heterocycles. The maximum absolute atomic E-state index is 12.2. The Morgan fingerprint density at radius 3 is 3.20 bits per heavy atom. The molecule has 6 heteroatoms. The number of thiophene rings is 1. The highest BCUT2D eigenvalue weighted by molar-refractivity contribution is 7.17. The second-order valence-electron chi connectivity index (χ2n) is 4.81. The average Bonchev–Trinajstić information content (AvgIpc) is 2.91. The smallest absolute Gasteiger partial charge is 0.229 e. The number of aromatic nitrogens is 2. The van der Waals surface area contributed by atoms with Crippen LogP contribution in [0.15, 0.2) is 40.6 Å². The van der Waals surface area contributed by atoms with Crippen molar-refractivity contribution in [1.82, 2.24) is 9.97 Å². The van der Waals surface area contributed by atoms with Gasteiger partial charge in [-0.3, -0.25) is 4.79 Å². The molecule has 1 fully saturated rings. The second kappa shape index (κ2) is 4.42. The van der Waals surface area contributed by atoms with E-state index in [1.54, 1.807) is 6.26 Å². The maximum Gasteiger partial charge on any atom is 0.229 e. The number of nitrogens with zero attached hydrogens (tertiary/aromatic N) is 2. The summed E-state index contributed by atoms with van der Waals surface area (Å²) in [6.45, 7) is 0. The SMILES string of the molecule is O=C(Nc1ncnc2ccsc12)[C@@H]1C[C@H]1c1ccco1. The molecule has 1 saturated carbocycles. The minimum Gasteiger partial charge on any atom is -0.469 e. The van der Waals surface area contributed by atoms with Crippen molar-refractivity contribution in [3.63, 3.8) is 0 Å². The van der Waals surface area contributed by atoms with Gasteiger partial charge in [0.15, 0.2) is 5.82 Å². The van der Waals surface area contributed by atoms with Gasteiger partial charge in [-0.2, -0.15) is 0 Å². The number of rotatable bonds is 3. The number of carbonyl (C=O) groups excluding carboxylic acids is 1. The highest BCUT2D eigenvalue weighted by Gasteiger charge is 2.46. The summed E-state index contributed by atoms with van der Waals surface area (Å²) in [5.41, 5.74) is 0.860. The summed E-state index contributed by atoms with van der Waals surface area (Å²) >= 11 is 1.53. The molecule has 1 aliphatic rings. The lowest BCUT2D eigenvalue weighted by Crippen LogP contribution is -2.15. The minimum atomic E-state index is -0.0221. The van der Waals surface area contributed by atoms with E-state index in [1.807, 2.05) is 23.6 Å². The van der Waals surface area contributed by atoms with Crippen LogP contribution < -0.4 is 5.32 Å². The van der Waals surface area contributed by atoms with Crippen LogP contribution in [0.4, 0.5) is 5.82 Å². The summed E-state index contributed by atoms with van der Waals surface area (Å²) in [7, 11) is 0. The van der Waals surface area contributed by atoms with Crippen LogP contribution in [0.3, 0.4) is 0 Å². The van der Waals surface area contributed by atoms with Gasteiger partial charge in [0.05, 0.1) is 16.5 Å². The van der Waals surface area contributed by atoms with Gasteiger partial charge in [0, 0.05) is 11.8 Å². The van der Waals surface area contributed by atoms with Gasteiger partial charge < -0.3 is 9.73 Å². The fourth-order valence-corrected chi connectivity index (χ4v) is 3.18. The minimum absolute atomic E-state index is 0.000185. The van der Waals surface area contributed by atoms with Gasteiger partial charge in [0.1, 0.15) is 12.1 Å². The summed E-state index contributed by atoms with van der Waals surface area (Å²) in [5.74, 6) is 1.66. The fourth-order valence-electron chi connectivity index (χ4n) is 2.39. The van der Waals surface area contributed by atoms with Crippen LogP contribution in [0.25, 0.3) is 10.2 Å². The summed E-state index contributed by atoms with van der Waals surface area (Å²) in [6, 6.07) is 5.68. The van der Waals surface area contributed by atoms with Gasteiger partial charge in [-0.1, -0.05) is 0 Å². The van der Waals surface area contributed by atoms with Crippen molar-refractivity contribution >= 4 is 33.3 Å². The fraction of sp³-hybridized carbons (Fsp3) is 0.214. The lowest BCUT2D eigenvalue weighted by molar-refractivity contribution is -0.117. The molecule has 1 amide bonds. The van der Waals surface area contributed by atoms with Crippen LogP contribution in [0, 0.1) is 5.92 Å². The average molecular weight is 285 g/mol. The molecular formula is C14H11N3O2S.